The van der Waals surface area contributed by atoms with Crippen LogP contribution in [0.1, 0.15) is 12.8 Å². The van der Waals surface area contributed by atoms with Gasteiger partial charge in [0.05, 0.1) is 6.54 Å². The van der Waals surface area contributed by atoms with Gasteiger partial charge in [0.1, 0.15) is 0 Å². The number of hydrogen-bond acceptors (Lipinski definition) is 5. The van der Waals surface area contributed by atoms with Crippen molar-refractivity contribution in [1.82, 2.24) is 19.6 Å². The smallest absolute Gasteiger partial charge is 0.317 e. The highest BCUT2D eigenvalue weighted by atomic mass is 35.5. The third-order valence-electron chi connectivity index (χ3n) is 4.11. The fraction of sp³-hybridized carbons (Fsp3) is 0.933. The van der Waals surface area contributed by atoms with Crippen LogP contribution in [0.15, 0.2) is 0 Å². The fourth-order valence-corrected chi connectivity index (χ4v) is 2.62. The molecule has 0 unspecified atom stereocenters. The molecule has 0 bridgehead atoms. The number of hydrogen-bond donors (Lipinski definition) is 1. The van der Waals surface area contributed by atoms with Crippen LogP contribution in [-0.4, -0.2) is 111 Å². The van der Waals surface area contributed by atoms with Crippen molar-refractivity contribution >= 4 is 55.6 Å². The largest absolute Gasteiger partial charge is 0.480 e. The highest BCUT2D eigenvalue weighted by molar-refractivity contribution is 5.86. The number of halogens is 4. The predicted molar refractivity (Wildman–Crippen MR) is 115 cm³/mol. The molecule has 1 rings (SSSR count). The lowest BCUT2D eigenvalue weighted by molar-refractivity contribution is -0.138. The van der Waals surface area contributed by atoms with Crippen LogP contribution < -0.4 is 0 Å². The van der Waals surface area contributed by atoms with Gasteiger partial charge in [0.25, 0.3) is 0 Å². The summed E-state index contributed by atoms with van der Waals surface area (Å²) in [6.07, 6.45) is 2.19. The van der Waals surface area contributed by atoms with Crippen LogP contribution in [-0.2, 0) is 4.79 Å². The minimum Gasteiger partial charge on any atom is -0.480 e. The van der Waals surface area contributed by atoms with E-state index in [1.54, 1.807) is 0 Å². The first kappa shape index (κ1) is 33.1. The molecule has 0 aromatic carbocycles. The summed E-state index contributed by atoms with van der Waals surface area (Å²) in [5.74, 6) is -0.728. The number of carbonyl (C=O) groups is 1. The molecule has 0 radical (unpaired) electrons. The zero-order chi connectivity index (χ0) is 15.7. The van der Waals surface area contributed by atoms with E-state index in [-0.39, 0.29) is 56.2 Å². The summed E-state index contributed by atoms with van der Waals surface area (Å²) in [5.41, 5.74) is 0. The summed E-state index contributed by atoms with van der Waals surface area (Å²) in [7, 11) is 6.46. The molecule has 1 fully saturated rings. The summed E-state index contributed by atoms with van der Waals surface area (Å²) < 4.78 is 0. The number of carboxylic acids is 1. The van der Waals surface area contributed by atoms with E-state index in [4.69, 9.17) is 5.11 Å². The van der Waals surface area contributed by atoms with Crippen molar-refractivity contribution in [2.24, 2.45) is 0 Å². The van der Waals surface area contributed by atoms with E-state index < -0.39 is 5.97 Å². The van der Waals surface area contributed by atoms with Crippen LogP contribution in [0.3, 0.4) is 0 Å². The molecule has 25 heavy (non-hydrogen) atoms. The molecule has 0 amide bonds. The SMILES string of the molecule is CN1CCCN(C)CCN(CC(=O)O)CCCN(C)CC1.Cl.Cl.Cl.Cl. The number of carboxylic acid groups (broad SMARTS) is 1. The third kappa shape index (κ3) is 17.6. The number of aliphatic carboxylic acids is 1. The summed E-state index contributed by atoms with van der Waals surface area (Å²) in [6, 6.07) is 0. The van der Waals surface area contributed by atoms with Crippen molar-refractivity contribution in [3.63, 3.8) is 0 Å². The van der Waals surface area contributed by atoms with Crippen LogP contribution in [0.2, 0.25) is 0 Å². The Kier molecular flexibility index (Phi) is 25.5. The van der Waals surface area contributed by atoms with E-state index in [0.717, 1.165) is 65.2 Å². The van der Waals surface area contributed by atoms with Crippen molar-refractivity contribution in [2.75, 3.05) is 80.0 Å². The lowest BCUT2D eigenvalue weighted by Gasteiger charge is -2.27. The van der Waals surface area contributed by atoms with E-state index in [1.807, 2.05) is 0 Å². The van der Waals surface area contributed by atoms with Gasteiger partial charge in [0.2, 0.25) is 0 Å². The molecule has 1 saturated heterocycles. The zero-order valence-corrected chi connectivity index (χ0v) is 18.8. The molecule has 0 spiro atoms. The Balaban J connectivity index is -0.000000551. The molecule has 0 atom stereocenters. The Morgan fingerprint density at radius 2 is 1.04 bits per heavy atom. The third-order valence-corrected chi connectivity index (χ3v) is 4.11. The van der Waals surface area contributed by atoms with Gasteiger partial charge < -0.3 is 19.8 Å². The van der Waals surface area contributed by atoms with Crippen molar-refractivity contribution in [2.45, 2.75) is 12.8 Å². The molecule has 1 heterocycles. The van der Waals surface area contributed by atoms with E-state index in [2.05, 4.69) is 40.7 Å². The van der Waals surface area contributed by atoms with Gasteiger partial charge in [0.15, 0.2) is 0 Å². The molecule has 0 aliphatic carbocycles. The Morgan fingerprint density at radius 1 is 0.680 bits per heavy atom. The average molecular weight is 446 g/mol. The fourth-order valence-electron chi connectivity index (χ4n) is 2.62. The van der Waals surface area contributed by atoms with Gasteiger partial charge in [-0.25, -0.2) is 0 Å². The molecular formula is C15H36Cl4N4O2. The van der Waals surface area contributed by atoms with Crippen LogP contribution in [0, 0.1) is 0 Å². The van der Waals surface area contributed by atoms with Crippen LogP contribution in [0.25, 0.3) is 0 Å². The molecule has 6 nitrogen and oxygen atoms in total. The van der Waals surface area contributed by atoms with E-state index in [9.17, 15) is 4.79 Å². The lowest BCUT2D eigenvalue weighted by Crippen LogP contribution is -2.40. The maximum atomic E-state index is 11.0. The zero-order valence-electron chi connectivity index (χ0n) is 15.6. The molecule has 0 aromatic rings. The Bertz CT molecular complexity index is 317. The van der Waals surface area contributed by atoms with Gasteiger partial charge in [-0.2, -0.15) is 0 Å². The highest BCUT2D eigenvalue weighted by Gasteiger charge is 2.12. The lowest BCUT2D eigenvalue weighted by atomic mass is 10.3. The number of likely N-dealkylation sites (N-methyl/N-ethyl adjacent to an activating group) is 3. The Morgan fingerprint density at radius 3 is 1.44 bits per heavy atom. The second-order valence-corrected chi connectivity index (χ2v) is 6.29. The van der Waals surface area contributed by atoms with Crippen molar-refractivity contribution in [3.05, 3.63) is 0 Å². The quantitative estimate of drug-likeness (QED) is 0.697. The van der Waals surface area contributed by atoms with Crippen LogP contribution >= 0.6 is 49.6 Å². The molecule has 0 aromatic heterocycles. The molecular weight excluding hydrogens is 410 g/mol. The first-order chi connectivity index (χ1) is 9.97. The summed E-state index contributed by atoms with van der Waals surface area (Å²) in [4.78, 5) is 20.1. The normalized spacial score (nSPS) is 20.0. The van der Waals surface area contributed by atoms with Crippen LogP contribution in [0.4, 0.5) is 0 Å². The number of nitrogens with zero attached hydrogens (tertiary/aromatic N) is 4. The molecule has 1 aliphatic rings. The first-order valence-corrected chi connectivity index (χ1v) is 7.97. The molecule has 10 heteroatoms. The van der Waals surface area contributed by atoms with Crippen molar-refractivity contribution in [3.8, 4) is 0 Å². The van der Waals surface area contributed by atoms with Gasteiger partial charge in [-0.05, 0) is 53.6 Å². The average Bonchev–Trinajstić information content (AvgIpc) is 2.41. The van der Waals surface area contributed by atoms with Crippen LogP contribution in [0.5, 0.6) is 0 Å². The number of rotatable bonds is 2. The van der Waals surface area contributed by atoms with Gasteiger partial charge in [-0.1, -0.05) is 0 Å². The second-order valence-electron chi connectivity index (χ2n) is 6.29. The molecule has 1 aliphatic heterocycles. The molecule has 1 N–H and O–H groups in total. The second kappa shape index (κ2) is 19.2. The van der Waals surface area contributed by atoms with Crippen molar-refractivity contribution < 1.29 is 9.90 Å². The highest BCUT2D eigenvalue weighted by Crippen LogP contribution is 1.99. The van der Waals surface area contributed by atoms with Crippen molar-refractivity contribution in [1.29, 1.82) is 0 Å². The predicted octanol–water partition coefficient (Wildman–Crippen LogP) is 1.65. The minimum absolute atomic E-state index is 0. The Hall–Kier alpha value is 0.470. The monoisotopic (exact) mass is 444 g/mol. The van der Waals surface area contributed by atoms with Gasteiger partial charge in [-0.3, -0.25) is 9.69 Å². The minimum atomic E-state index is -0.728. The standard InChI is InChI=1S/C15H32N4O2.4ClH/c1-16-6-4-7-18(3)12-13-19(14-15(20)21)9-5-8-17(2)11-10-16;;;;/h4-14H2,1-3H3,(H,20,21);4*1H. The first-order valence-electron chi connectivity index (χ1n) is 7.97. The summed E-state index contributed by atoms with van der Waals surface area (Å²) in [5, 5.41) is 9.01. The van der Waals surface area contributed by atoms with E-state index >= 15 is 0 Å². The summed E-state index contributed by atoms with van der Waals surface area (Å²) in [6.45, 7) is 8.18. The van der Waals surface area contributed by atoms with E-state index in [0.29, 0.717) is 0 Å². The summed E-state index contributed by atoms with van der Waals surface area (Å²) >= 11 is 0. The van der Waals surface area contributed by atoms with Gasteiger partial charge in [-0.15, -0.1) is 49.6 Å². The topological polar surface area (TPSA) is 50.3 Å². The Labute approximate surface area is 177 Å². The molecule has 156 valence electrons. The van der Waals surface area contributed by atoms with Gasteiger partial charge in [0, 0.05) is 32.7 Å². The maximum Gasteiger partial charge on any atom is 0.317 e. The van der Waals surface area contributed by atoms with Gasteiger partial charge >= 0.3 is 5.97 Å². The maximum absolute atomic E-state index is 11.0. The molecule has 0 saturated carbocycles. The van der Waals surface area contributed by atoms with E-state index in [1.165, 1.54) is 0 Å².